The van der Waals surface area contributed by atoms with E-state index in [1.807, 2.05) is 6.92 Å². The first-order valence-electron chi connectivity index (χ1n) is 5.74. The molecule has 1 atom stereocenters. The Morgan fingerprint density at radius 3 is 2.58 bits per heavy atom. The normalized spacial score (nSPS) is 12.2. The SMILES string of the molecule is CC(N)Cc1cnc(Oc2cccc(F)c2F)nc1. The Kier molecular flexibility index (Phi) is 4.01. The van der Waals surface area contributed by atoms with E-state index >= 15 is 0 Å². The van der Waals surface area contributed by atoms with Crippen molar-refractivity contribution in [1.29, 1.82) is 0 Å². The van der Waals surface area contributed by atoms with Crippen molar-refractivity contribution in [2.24, 2.45) is 5.73 Å². The largest absolute Gasteiger partial charge is 0.421 e. The number of aromatic nitrogens is 2. The molecule has 0 saturated heterocycles. The van der Waals surface area contributed by atoms with Crippen LogP contribution in [-0.2, 0) is 6.42 Å². The summed E-state index contributed by atoms with van der Waals surface area (Å²) in [5, 5.41) is 0. The van der Waals surface area contributed by atoms with Crippen LogP contribution in [0.25, 0.3) is 0 Å². The molecule has 0 saturated carbocycles. The van der Waals surface area contributed by atoms with Gasteiger partial charge in [-0.15, -0.1) is 0 Å². The minimum absolute atomic E-state index is 0.00367. The molecule has 2 aromatic rings. The van der Waals surface area contributed by atoms with Crippen LogP contribution < -0.4 is 10.5 Å². The van der Waals surface area contributed by atoms with Crippen molar-refractivity contribution in [1.82, 2.24) is 9.97 Å². The third-order valence-corrected chi connectivity index (χ3v) is 2.36. The zero-order valence-electron chi connectivity index (χ0n) is 10.3. The lowest BCUT2D eigenvalue weighted by atomic mass is 10.1. The number of halogens is 2. The second-order valence-corrected chi connectivity index (χ2v) is 4.21. The fourth-order valence-electron chi connectivity index (χ4n) is 1.53. The first-order chi connectivity index (χ1) is 9.06. The summed E-state index contributed by atoms with van der Waals surface area (Å²) in [5.74, 6) is -2.29. The van der Waals surface area contributed by atoms with Gasteiger partial charge in [0.25, 0.3) is 0 Å². The van der Waals surface area contributed by atoms with Gasteiger partial charge in [-0.3, -0.25) is 0 Å². The number of hydrogen-bond donors (Lipinski definition) is 1. The molecule has 1 heterocycles. The lowest BCUT2D eigenvalue weighted by molar-refractivity contribution is 0.392. The van der Waals surface area contributed by atoms with Crippen LogP contribution in [0.4, 0.5) is 8.78 Å². The van der Waals surface area contributed by atoms with Gasteiger partial charge < -0.3 is 10.5 Å². The highest BCUT2D eigenvalue weighted by molar-refractivity contribution is 5.27. The maximum Gasteiger partial charge on any atom is 0.321 e. The molecule has 2 N–H and O–H groups in total. The second-order valence-electron chi connectivity index (χ2n) is 4.21. The molecule has 1 aromatic carbocycles. The predicted octanol–water partition coefficient (Wildman–Crippen LogP) is 2.44. The van der Waals surface area contributed by atoms with Gasteiger partial charge in [0.05, 0.1) is 0 Å². The summed E-state index contributed by atoms with van der Waals surface area (Å²) in [6.45, 7) is 1.87. The number of nitrogens with zero attached hydrogens (tertiary/aromatic N) is 2. The lowest BCUT2D eigenvalue weighted by Crippen LogP contribution is -2.17. The van der Waals surface area contributed by atoms with Crippen LogP contribution in [0.5, 0.6) is 11.8 Å². The van der Waals surface area contributed by atoms with Crippen molar-refractivity contribution >= 4 is 0 Å². The molecule has 100 valence electrons. The van der Waals surface area contributed by atoms with Gasteiger partial charge in [-0.2, -0.15) is 4.39 Å². The molecule has 2 rings (SSSR count). The fraction of sp³-hybridized carbons (Fsp3) is 0.231. The summed E-state index contributed by atoms with van der Waals surface area (Å²) in [6.07, 6.45) is 3.72. The molecule has 6 heteroatoms. The van der Waals surface area contributed by atoms with Crippen LogP contribution in [0.15, 0.2) is 30.6 Å². The summed E-state index contributed by atoms with van der Waals surface area (Å²) in [5.41, 5.74) is 6.49. The Morgan fingerprint density at radius 2 is 1.95 bits per heavy atom. The van der Waals surface area contributed by atoms with Gasteiger partial charge in [-0.05, 0) is 31.0 Å². The highest BCUT2D eigenvalue weighted by Crippen LogP contribution is 2.23. The fourth-order valence-corrected chi connectivity index (χ4v) is 1.53. The maximum atomic E-state index is 13.4. The molecule has 1 unspecified atom stereocenters. The summed E-state index contributed by atoms with van der Waals surface area (Å²) < 4.78 is 31.4. The average molecular weight is 265 g/mol. The van der Waals surface area contributed by atoms with E-state index in [9.17, 15) is 8.78 Å². The molecular weight excluding hydrogens is 252 g/mol. The Morgan fingerprint density at radius 1 is 1.26 bits per heavy atom. The van der Waals surface area contributed by atoms with E-state index < -0.39 is 11.6 Å². The highest BCUT2D eigenvalue weighted by atomic mass is 19.2. The molecule has 0 spiro atoms. The Hall–Kier alpha value is -2.08. The van der Waals surface area contributed by atoms with E-state index in [2.05, 4.69) is 9.97 Å². The molecule has 0 radical (unpaired) electrons. The molecule has 1 aromatic heterocycles. The summed E-state index contributed by atoms with van der Waals surface area (Å²) in [6, 6.07) is 3.61. The molecule has 0 amide bonds. The minimum atomic E-state index is -1.06. The van der Waals surface area contributed by atoms with Gasteiger partial charge >= 0.3 is 6.01 Å². The van der Waals surface area contributed by atoms with E-state index in [-0.39, 0.29) is 17.8 Å². The summed E-state index contributed by atoms with van der Waals surface area (Å²) in [7, 11) is 0. The predicted molar refractivity (Wildman–Crippen MR) is 65.8 cm³/mol. The molecule has 0 aliphatic heterocycles. The topological polar surface area (TPSA) is 61.0 Å². The monoisotopic (exact) mass is 265 g/mol. The van der Waals surface area contributed by atoms with Crippen molar-refractivity contribution in [2.45, 2.75) is 19.4 Å². The molecule has 0 aliphatic carbocycles. The van der Waals surface area contributed by atoms with E-state index in [0.29, 0.717) is 6.42 Å². The number of benzene rings is 1. The molecule has 19 heavy (non-hydrogen) atoms. The van der Waals surface area contributed by atoms with Crippen LogP contribution in [0.3, 0.4) is 0 Å². The Bertz CT molecular complexity index is 558. The van der Waals surface area contributed by atoms with Crippen molar-refractivity contribution in [3.8, 4) is 11.8 Å². The van der Waals surface area contributed by atoms with Gasteiger partial charge in [0, 0.05) is 18.4 Å². The van der Waals surface area contributed by atoms with Gasteiger partial charge in [0.15, 0.2) is 11.6 Å². The van der Waals surface area contributed by atoms with E-state index in [0.717, 1.165) is 11.6 Å². The first-order valence-corrected chi connectivity index (χ1v) is 5.74. The van der Waals surface area contributed by atoms with Crippen LogP contribution in [0, 0.1) is 11.6 Å². The van der Waals surface area contributed by atoms with E-state index in [1.165, 1.54) is 12.1 Å². The first kappa shape index (κ1) is 13.4. The quantitative estimate of drug-likeness (QED) is 0.922. The summed E-state index contributed by atoms with van der Waals surface area (Å²) >= 11 is 0. The number of hydrogen-bond acceptors (Lipinski definition) is 4. The zero-order valence-corrected chi connectivity index (χ0v) is 10.3. The Balaban J connectivity index is 2.13. The number of ether oxygens (including phenoxy) is 1. The third-order valence-electron chi connectivity index (χ3n) is 2.36. The molecule has 4 nitrogen and oxygen atoms in total. The van der Waals surface area contributed by atoms with Crippen LogP contribution in [0.2, 0.25) is 0 Å². The molecule has 0 bridgehead atoms. The highest BCUT2D eigenvalue weighted by Gasteiger charge is 2.11. The van der Waals surface area contributed by atoms with Crippen molar-refractivity contribution in [2.75, 3.05) is 0 Å². The Labute approximate surface area is 109 Å². The van der Waals surface area contributed by atoms with Gasteiger partial charge in [-0.1, -0.05) is 6.07 Å². The van der Waals surface area contributed by atoms with Crippen LogP contribution in [0.1, 0.15) is 12.5 Å². The lowest BCUT2D eigenvalue weighted by Gasteiger charge is -2.07. The van der Waals surface area contributed by atoms with Crippen LogP contribution in [-0.4, -0.2) is 16.0 Å². The smallest absolute Gasteiger partial charge is 0.321 e. The second kappa shape index (κ2) is 5.71. The van der Waals surface area contributed by atoms with Crippen molar-refractivity contribution in [3.63, 3.8) is 0 Å². The standard InChI is InChI=1S/C13H13F2N3O/c1-8(16)5-9-6-17-13(18-7-9)19-11-4-2-3-10(14)12(11)15/h2-4,6-8H,5,16H2,1H3. The van der Waals surface area contributed by atoms with Crippen molar-refractivity contribution in [3.05, 3.63) is 47.8 Å². The van der Waals surface area contributed by atoms with E-state index in [4.69, 9.17) is 10.5 Å². The molecular formula is C13H13F2N3O. The summed E-state index contributed by atoms with van der Waals surface area (Å²) in [4.78, 5) is 7.84. The van der Waals surface area contributed by atoms with Gasteiger partial charge in [0.2, 0.25) is 5.82 Å². The number of rotatable bonds is 4. The molecule has 0 fully saturated rings. The number of nitrogens with two attached hydrogens (primary N) is 1. The zero-order chi connectivity index (χ0) is 13.8. The van der Waals surface area contributed by atoms with Crippen molar-refractivity contribution < 1.29 is 13.5 Å². The van der Waals surface area contributed by atoms with Gasteiger partial charge in [-0.25, -0.2) is 14.4 Å². The maximum absolute atomic E-state index is 13.4. The van der Waals surface area contributed by atoms with Crippen LogP contribution >= 0.6 is 0 Å². The third kappa shape index (κ3) is 3.45. The van der Waals surface area contributed by atoms with E-state index in [1.54, 1.807) is 12.4 Å². The average Bonchev–Trinajstić information content (AvgIpc) is 2.37. The van der Waals surface area contributed by atoms with Gasteiger partial charge in [0.1, 0.15) is 0 Å². The minimum Gasteiger partial charge on any atom is -0.421 e. The molecule has 0 aliphatic rings.